The Balaban J connectivity index is 1.23. The molecule has 0 atom stereocenters. The van der Waals surface area contributed by atoms with Crippen LogP contribution in [0.15, 0.2) is 57.7 Å². The van der Waals surface area contributed by atoms with Crippen LogP contribution in [0.2, 0.25) is 0 Å². The van der Waals surface area contributed by atoms with Gasteiger partial charge in [0.25, 0.3) is 5.91 Å². The van der Waals surface area contributed by atoms with Crippen LogP contribution < -0.4 is 20.6 Å². The smallest absolute Gasteiger partial charge is 0.344 e. The number of nitrogens with zero attached hydrogens (tertiary/aromatic N) is 1. The van der Waals surface area contributed by atoms with Gasteiger partial charge in [-0.3, -0.25) is 4.79 Å². The van der Waals surface area contributed by atoms with E-state index in [4.69, 9.17) is 18.6 Å². The Morgan fingerprint density at radius 1 is 1.03 bits per heavy atom. The highest BCUT2D eigenvalue weighted by atomic mass is 16.6. The summed E-state index contributed by atoms with van der Waals surface area (Å²) in [5.74, 6) is -0.804. The fourth-order valence-electron chi connectivity index (χ4n) is 3.50. The van der Waals surface area contributed by atoms with Gasteiger partial charge in [-0.05, 0) is 48.9 Å². The molecule has 2 aromatic carbocycles. The second-order valence-corrected chi connectivity index (χ2v) is 7.55. The summed E-state index contributed by atoms with van der Waals surface area (Å²) >= 11 is 0. The number of carbonyl (C=O) groups excluding carboxylic acids is 2. The lowest BCUT2D eigenvalue weighted by Gasteiger charge is -2.28. The van der Waals surface area contributed by atoms with Crippen molar-refractivity contribution in [1.82, 2.24) is 0 Å². The third-order valence-corrected chi connectivity index (χ3v) is 5.17. The molecule has 4 rings (SSSR count). The van der Waals surface area contributed by atoms with Gasteiger partial charge >= 0.3 is 11.6 Å². The molecule has 172 valence electrons. The predicted molar refractivity (Wildman–Crippen MR) is 122 cm³/mol. The van der Waals surface area contributed by atoms with Crippen LogP contribution in [-0.2, 0) is 19.1 Å². The topological polar surface area (TPSA) is 107 Å². The molecule has 1 saturated heterocycles. The van der Waals surface area contributed by atoms with Crippen molar-refractivity contribution in [1.29, 1.82) is 0 Å². The van der Waals surface area contributed by atoms with Gasteiger partial charge in [-0.2, -0.15) is 0 Å². The van der Waals surface area contributed by atoms with Crippen LogP contribution in [-0.4, -0.2) is 51.4 Å². The van der Waals surface area contributed by atoms with E-state index in [2.05, 4.69) is 10.2 Å². The molecule has 2 heterocycles. The van der Waals surface area contributed by atoms with Crippen molar-refractivity contribution in [2.45, 2.75) is 6.92 Å². The number of nitrogens with one attached hydrogen (secondary N) is 1. The van der Waals surface area contributed by atoms with Crippen molar-refractivity contribution in [3.05, 3.63) is 64.5 Å². The SMILES string of the molecule is Cc1cc(=O)oc2cc(OCC(=O)OCC(=O)Nc3ccc(N4CCOCC4)cc3)ccc12. The van der Waals surface area contributed by atoms with Crippen LogP contribution in [0.25, 0.3) is 11.0 Å². The minimum absolute atomic E-state index is 0.345. The highest BCUT2D eigenvalue weighted by Crippen LogP contribution is 2.22. The molecule has 1 fully saturated rings. The Labute approximate surface area is 189 Å². The van der Waals surface area contributed by atoms with Crippen LogP contribution >= 0.6 is 0 Å². The maximum atomic E-state index is 12.1. The molecule has 0 aliphatic carbocycles. The molecule has 1 aliphatic heterocycles. The molecule has 1 aromatic heterocycles. The first-order valence-corrected chi connectivity index (χ1v) is 10.5. The molecule has 3 aromatic rings. The molecule has 0 bridgehead atoms. The van der Waals surface area contributed by atoms with Gasteiger partial charge in [-0.25, -0.2) is 9.59 Å². The summed E-state index contributed by atoms with van der Waals surface area (Å²) in [5.41, 5.74) is 2.36. The maximum Gasteiger partial charge on any atom is 0.344 e. The monoisotopic (exact) mass is 452 g/mol. The Morgan fingerprint density at radius 3 is 2.55 bits per heavy atom. The van der Waals surface area contributed by atoms with E-state index in [1.54, 1.807) is 31.2 Å². The lowest BCUT2D eigenvalue weighted by Crippen LogP contribution is -2.36. The van der Waals surface area contributed by atoms with Crippen molar-refractivity contribution in [2.75, 3.05) is 49.7 Å². The van der Waals surface area contributed by atoms with E-state index in [-0.39, 0.29) is 6.61 Å². The van der Waals surface area contributed by atoms with E-state index in [0.29, 0.717) is 30.2 Å². The van der Waals surface area contributed by atoms with Crippen molar-refractivity contribution in [3.8, 4) is 5.75 Å². The Morgan fingerprint density at radius 2 is 1.79 bits per heavy atom. The van der Waals surface area contributed by atoms with Crippen molar-refractivity contribution in [2.24, 2.45) is 0 Å². The molecule has 1 N–H and O–H groups in total. The number of anilines is 2. The number of esters is 1. The van der Waals surface area contributed by atoms with Gasteiger partial charge in [0.1, 0.15) is 11.3 Å². The second-order valence-electron chi connectivity index (χ2n) is 7.55. The van der Waals surface area contributed by atoms with Crippen molar-refractivity contribution < 1.29 is 28.2 Å². The normalized spacial score (nSPS) is 13.5. The molecule has 0 spiro atoms. The number of benzene rings is 2. The zero-order valence-electron chi connectivity index (χ0n) is 18.2. The van der Waals surface area contributed by atoms with Crippen molar-refractivity contribution >= 4 is 34.2 Å². The molecule has 1 amide bonds. The number of fused-ring (bicyclic) bond motifs is 1. The van der Waals surface area contributed by atoms with E-state index in [9.17, 15) is 14.4 Å². The van der Waals surface area contributed by atoms with Gasteiger partial charge in [-0.1, -0.05) is 0 Å². The molecule has 33 heavy (non-hydrogen) atoms. The number of rotatable bonds is 7. The van der Waals surface area contributed by atoms with Gasteiger partial charge in [-0.15, -0.1) is 0 Å². The number of carbonyl (C=O) groups is 2. The van der Waals surface area contributed by atoms with Gasteiger partial charge in [0.15, 0.2) is 13.2 Å². The first-order chi connectivity index (χ1) is 16.0. The zero-order valence-corrected chi connectivity index (χ0v) is 18.2. The molecular formula is C24H24N2O7. The van der Waals surface area contributed by atoms with Crippen molar-refractivity contribution in [3.63, 3.8) is 0 Å². The molecule has 1 aliphatic rings. The molecule has 9 heteroatoms. The summed E-state index contributed by atoms with van der Waals surface area (Å²) in [6.45, 7) is 4.05. The van der Waals surface area contributed by atoms with Gasteiger partial charge in [0, 0.05) is 42.0 Å². The highest BCUT2D eigenvalue weighted by molar-refractivity contribution is 5.93. The maximum absolute atomic E-state index is 12.1. The number of ether oxygens (including phenoxy) is 3. The van der Waals surface area contributed by atoms with Crippen LogP contribution in [0.1, 0.15) is 5.56 Å². The van der Waals surface area contributed by atoms with Crippen LogP contribution in [0.4, 0.5) is 11.4 Å². The molecule has 0 radical (unpaired) electrons. The summed E-state index contributed by atoms with van der Waals surface area (Å²) in [5, 5.41) is 3.47. The third kappa shape index (κ3) is 5.89. The van der Waals surface area contributed by atoms with Crippen LogP contribution in [0, 0.1) is 6.92 Å². The fourth-order valence-corrected chi connectivity index (χ4v) is 3.50. The standard InChI is InChI=1S/C24H24N2O7/c1-16-12-23(28)33-21-13-19(6-7-20(16)21)31-15-24(29)32-14-22(27)25-17-2-4-18(5-3-17)26-8-10-30-11-9-26/h2-7,12-13H,8-11,14-15H2,1H3,(H,25,27). The second kappa shape index (κ2) is 10.2. The average Bonchev–Trinajstić information content (AvgIpc) is 2.82. The minimum atomic E-state index is -0.696. The summed E-state index contributed by atoms with van der Waals surface area (Å²) in [7, 11) is 0. The van der Waals surface area contributed by atoms with E-state index in [0.717, 1.165) is 29.7 Å². The number of morpholine rings is 1. The van der Waals surface area contributed by atoms with E-state index in [1.165, 1.54) is 12.1 Å². The lowest BCUT2D eigenvalue weighted by atomic mass is 10.1. The Bertz CT molecular complexity index is 1200. The Hall–Kier alpha value is -3.85. The number of hydrogen-bond acceptors (Lipinski definition) is 8. The van der Waals surface area contributed by atoms with E-state index < -0.39 is 24.1 Å². The number of aryl methyl sites for hydroxylation is 1. The highest BCUT2D eigenvalue weighted by Gasteiger charge is 2.13. The van der Waals surface area contributed by atoms with Crippen LogP contribution in [0.5, 0.6) is 5.75 Å². The summed E-state index contributed by atoms with van der Waals surface area (Å²) in [6, 6.07) is 13.8. The van der Waals surface area contributed by atoms with E-state index in [1.807, 2.05) is 12.1 Å². The third-order valence-electron chi connectivity index (χ3n) is 5.17. The quantitative estimate of drug-likeness (QED) is 0.430. The molecule has 9 nitrogen and oxygen atoms in total. The lowest BCUT2D eigenvalue weighted by molar-refractivity contribution is -0.149. The van der Waals surface area contributed by atoms with Gasteiger partial charge in [0.2, 0.25) is 0 Å². The first-order valence-electron chi connectivity index (χ1n) is 10.5. The largest absolute Gasteiger partial charge is 0.482 e. The average molecular weight is 452 g/mol. The zero-order chi connectivity index (χ0) is 23.2. The first kappa shape index (κ1) is 22.3. The van der Waals surface area contributed by atoms with E-state index >= 15 is 0 Å². The summed E-state index contributed by atoms with van der Waals surface area (Å²) in [6.07, 6.45) is 0. The van der Waals surface area contributed by atoms with Crippen LogP contribution in [0.3, 0.4) is 0 Å². The van der Waals surface area contributed by atoms with Gasteiger partial charge < -0.3 is 28.8 Å². The number of hydrogen-bond donors (Lipinski definition) is 1. The number of amides is 1. The molecular weight excluding hydrogens is 428 g/mol. The Kier molecular flexibility index (Phi) is 6.89. The predicted octanol–water partition coefficient (Wildman–Crippen LogP) is 2.50. The molecule has 0 saturated carbocycles. The fraction of sp³-hybridized carbons (Fsp3) is 0.292. The summed E-state index contributed by atoms with van der Waals surface area (Å²) in [4.78, 5) is 37.8. The van der Waals surface area contributed by atoms with Gasteiger partial charge in [0.05, 0.1) is 13.2 Å². The minimum Gasteiger partial charge on any atom is -0.482 e. The summed E-state index contributed by atoms with van der Waals surface area (Å²) < 4.78 is 20.9. The molecule has 0 unspecified atom stereocenters.